The Morgan fingerprint density at radius 1 is 1.38 bits per heavy atom. The van der Waals surface area contributed by atoms with Gasteiger partial charge in [-0.1, -0.05) is 6.92 Å². The van der Waals surface area contributed by atoms with Crippen molar-refractivity contribution in [1.82, 2.24) is 0 Å². The molecule has 3 nitrogen and oxygen atoms in total. The number of anilines is 1. The van der Waals surface area contributed by atoms with Crippen LogP contribution in [0.1, 0.15) is 37.0 Å². The lowest BCUT2D eigenvalue weighted by molar-refractivity contribution is 0.0988. The van der Waals surface area contributed by atoms with E-state index in [1.54, 1.807) is 6.92 Å². The van der Waals surface area contributed by atoms with Gasteiger partial charge in [-0.05, 0) is 37.6 Å². The molecule has 1 aromatic rings. The molecule has 0 spiro atoms. The second-order valence-electron chi connectivity index (χ2n) is 3.92. The standard InChI is InChI=1S/C13H19NO2/c1-3-13(16)11-4-6-12(7-5-11)14-9-8-10(2)15/h4-7,10,14-15H,3,8-9H2,1-2H3. The molecule has 0 aromatic heterocycles. The normalized spacial score (nSPS) is 12.2. The summed E-state index contributed by atoms with van der Waals surface area (Å²) in [6, 6.07) is 7.45. The van der Waals surface area contributed by atoms with Crippen molar-refractivity contribution in [2.45, 2.75) is 32.8 Å². The Bertz CT molecular complexity index is 330. The summed E-state index contributed by atoms with van der Waals surface area (Å²) in [6.45, 7) is 4.36. The fraction of sp³-hybridized carbons (Fsp3) is 0.462. The minimum atomic E-state index is -0.284. The maximum Gasteiger partial charge on any atom is 0.162 e. The lowest BCUT2D eigenvalue weighted by atomic mass is 10.1. The van der Waals surface area contributed by atoms with Crippen LogP contribution in [0.15, 0.2) is 24.3 Å². The summed E-state index contributed by atoms with van der Waals surface area (Å²) in [5, 5.41) is 12.3. The first kappa shape index (κ1) is 12.7. The zero-order valence-electron chi connectivity index (χ0n) is 9.86. The fourth-order valence-electron chi connectivity index (χ4n) is 1.40. The van der Waals surface area contributed by atoms with E-state index < -0.39 is 0 Å². The van der Waals surface area contributed by atoms with E-state index >= 15 is 0 Å². The molecule has 0 aliphatic heterocycles. The molecule has 0 amide bonds. The summed E-state index contributed by atoms with van der Waals surface area (Å²) in [4.78, 5) is 11.4. The van der Waals surface area contributed by atoms with Crippen LogP contribution in [0.2, 0.25) is 0 Å². The van der Waals surface area contributed by atoms with E-state index in [1.807, 2.05) is 31.2 Å². The highest BCUT2D eigenvalue weighted by atomic mass is 16.3. The third-order valence-electron chi connectivity index (χ3n) is 2.42. The predicted molar refractivity (Wildman–Crippen MR) is 65.9 cm³/mol. The van der Waals surface area contributed by atoms with Gasteiger partial charge in [0, 0.05) is 24.2 Å². The zero-order chi connectivity index (χ0) is 12.0. The van der Waals surface area contributed by atoms with Crippen LogP contribution in [-0.4, -0.2) is 23.5 Å². The molecule has 1 unspecified atom stereocenters. The molecule has 0 saturated carbocycles. The summed E-state index contributed by atoms with van der Waals surface area (Å²) >= 11 is 0. The number of carbonyl (C=O) groups excluding carboxylic acids is 1. The average molecular weight is 221 g/mol. The first-order valence-electron chi connectivity index (χ1n) is 5.68. The number of carbonyl (C=O) groups is 1. The molecule has 0 aliphatic rings. The van der Waals surface area contributed by atoms with E-state index in [4.69, 9.17) is 5.11 Å². The molecule has 0 saturated heterocycles. The lowest BCUT2D eigenvalue weighted by Gasteiger charge is -2.08. The second-order valence-corrected chi connectivity index (χ2v) is 3.92. The molecule has 0 heterocycles. The van der Waals surface area contributed by atoms with Gasteiger partial charge >= 0.3 is 0 Å². The average Bonchev–Trinajstić information content (AvgIpc) is 2.28. The monoisotopic (exact) mass is 221 g/mol. The number of aliphatic hydroxyl groups is 1. The zero-order valence-corrected chi connectivity index (χ0v) is 9.86. The second kappa shape index (κ2) is 6.28. The van der Waals surface area contributed by atoms with Gasteiger partial charge in [0.05, 0.1) is 6.10 Å². The van der Waals surface area contributed by atoms with Gasteiger partial charge in [0.25, 0.3) is 0 Å². The van der Waals surface area contributed by atoms with E-state index in [0.29, 0.717) is 6.42 Å². The third kappa shape index (κ3) is 4.03. The summed E-state index contributed by atoms with van der Waals surface area (Å²) in [7, 11) is 0. The molecule has 0 radical (unpaired) electrons. The number of aliphatic hydroxyl groups excluding tert-OH is 1. The van der Waals surface area contributed by atoms with Gasteiger partial charge in [0.2, 0.25) is 0 Å². The van der Waals surface area contributed by atoms with Gasteiger partial charge in [0.1, 0.15) is 0 Å². The smallest absolute Gasteiger partial charge is 0.162 e. The van der Waals surface area contributed by atoms with E-state index in [2.05, 4.69) is 5.32 Å². The number of ketones is 1. The lowest BCUT2D eigenvalue weighted by Crippen LogP contribution is -2.09. The van der Waals surface area contributed by atoms with Crippen molar-refractivity contribution < 1.29 is 9.90 Å². The van der Waals surface area contributed by atoms with Crippen LogP contribution in [0.25, 0.3) is 0 Å². The van der Waals surface area contributed by atoms with E-state index in [1.165, 1.54) is 0 Å². The van der Waals surface area contributed by atoms with Crippen LogP contribution in [0.3, 0.4) is 0 Å². The molecule has 1 rings (SSSR count). The highest BCUT2D eigenvalue weighted by Gasteiger charge is 2.02. The van der Waals surface area contributed by atoms with Gasteiger partial charge < -0.3 is 10.4 Å². The molecule has 88 valence electrons. The van der Waals surface area contributed by atoms with Gasteiger partial charge in [-0.15, -0.1) is 0 Å². The SMILES string of the molecule is CCC(=O)c1ccc(NCCC(C)O)cc1. The van der Waals surface area contributed by atoms with Crippen molar-refractivity contribution in [2.75, 3.05) is 11.9 Å². The molecule has 2 N–H and O–H groups in total. The first-order chi connectivity index (χ1) is 7.63. The van der Waals surface area contributed by atoms with Crippen molar-refractivity contribution in [1.29, 1.82) is 0 Å². The Morgan fingerprint density at radius 3 is 2.50 bits per heavy atom. The van der Waals surface area contributed by atoms with E-state index in [-0.39, 0.29) is 11.9 Å². The molecule has 0 aliphatic carbocycles. The number of hydrogen-bond acceptors (Lipinski definition) is 3. The van der Waals surface area contributed by atoms with E-state index in [9.17, 15) is 4.79 Å². The van der Waals surface area contributed by atoms with Crippen LogP contribution < -0.4 is 5.32 Å². The molecular weight excluding hydrogens is 202 g/mol. The van der Waals surface area contributed by atoms with Crippen LogP contribution in [0, 0.1) is 0 Å². The molecule has 3 heteroatoms. The number of Topliss-reactive ketones (excluding diaryl/α,β-unsaturated/α-hetero) is 1. The number of hydrogen-bond donors (Lipinski definition) is 2. The predicted octanol–water partition coefficient (Wildman–Crippen LogP) is 2.46. The highest BCUT2D eigenvalue weighted by molar-refractivity contribution is 5.96. The van der Waals surface area contributed by atoms with Crippen LogP contribution in [-0.2, 0) is 0 Å². The minimum absolute atomic E-state index is 0.163. The van der Waals surface area contributed by atoms with Gasteiger partial charge in [-0.25, -0.2) is 0 Å². The Hall–Kier alpha value is -1.35. The van der Waals surface area contributed by atoms with Crippen molar-refractivity contribution in [3.8, 4) is 0 Å². The van der Waals surface area contributed by atoms with Crippen LogP contribution >= 0.6 is 0 Å². The quantitative estimate of drug-likeness (QED) is 0.725. The van der Waals surface area contributed by atoms with Gasteiger partial charge in [-0.3, -0.25) is 4.79 Å². The fourth-order valence-corrected chi connectivity index (χ4v) is 1.40. The Balaban J connectivity index is 2.48. The minimum Gasteiger partial charge on any atom is -0.393 e. The van der Waals surface area contributed by atoms with Crippen LogP contribution in [0.5, 0.6) is 0 Å². The van der Waals surface area contributed by atoms with Crippen molar-refractivity contribution in [3.63, 3.8) is 0 Å². The molecule has 0 fully saturated rings. The number of nitrogens with one attached hydrogen (secondary N) is 1. The van der Waals surface area contributed by atoms with Crippen molar-refractivity contribution in [2.24, 2.45) is 0 Å². The highest BCUT2D eigenvalue weighted by Crippen LogP contribution is 2.11. The Morgan fingerprint density at radius 2 is 2.00 bits per heavy atom. The maximum atomic E-state index is 11.4. The number of benzene rings is 1. The summed E-state index contributed by atoms with van der Waals surface area (Å²) in [6.07, 6.45) is 0.971. The Labute approximate surface area is 96.5 Å². The third-order valence-corrected chi connectivity index (χ3v) is 2.42. The first-order valence-corrected chi connectivity index (χ1v) is 5.68. The summed E-state index contributed by atoms with van der Waals surface area (Å²) < 4.78 is 0. The Kier molecular flexibility index (Phi) is 4.99. The van der Waals surface area contributed by atoms with E-state index in [0.717, 1.165) is 24.2 Å². The summed E-state index contributed by atoms with van der Waals surface area (Å²) in [5.41, 5.74) is 1.73. The topological polar surface area (TPSA) is 49.3 Å². The summed E-state index contributed by atoms with van der Waals surface area (Å²) in [5.74, 6) is 0.163. The maximum absolute atomic E-state index is 11.4. The van der Waals surface area contributed by atoms with Gasteiger partial charge in [0.15, 0.2) is 5.78 Å². The number of rotatable bonds is 6. The molecule has 16 heavy (non-hydrogen) atoms. The van der Waals surface area contributed by atoms with Crippen molar-refractivity contribution >= 4 is 11.5 Å². The van der Waals surface area contributed by atoms with Crippen molar-refractivity contribution in [3.05, 3.63) is 29.8 Å². The molecule has 1 atom stereocenters. The van der Waals surface area contributed by atoms with Crippen LogP contribution in [0.4, 0.5) is 5.69 Å². The van der Waals surface area contributed by atoms with Gasteiger partial charge in [-0.2, -0.15) is 0 Å². The molecular formula is C13H19NO2. The molecule has 0 bridgehead atoms. The molecule has 1 aromatic carbocycles. The largest absolute Gasteiger partial charge is 0.393 e.